The van der Waals surface area contributed by atoms with Crippen molar-refractivity contribution in [3.63, 3.8) is 0 Å². The summed E-state index contributed by atoms with van der Waals surface area (Å²) in [5.41, 5.74) is 0. The molecule has 1 fully saturated rings. The molecule has 94 valence electrons. The summed E-state index contributed by atoms with van der Waals surface area (Å²) in [6, 6.07) is 2.44. The van der Waals surface area contributed by atoms with Gasteiger partial charge in [-0.05, 0) is 31.6 Å². The van der Waals surface area contributed by atoms with Crippen LogP contribution in [0.1, 0.15) is 39.0 Å². The van der Waals surface area contributed by atoms with Crippen molar-refractivity contribution in [1.29, 1.82) is 0 Å². The van der Waals surface area contributed by atoms with E-state index in [1.807, 2.05) is 6.07 Å². The number of hydrogen-bond acceptors (Lipinski definition) is 3. The molecule has 1 heterocycles. The molecule has 0 unspecified atom stereocenters. The van der Waals surface area contributed by atoms with Crippen LogP contribution >= 0.6 is 11.6 Å². The highest BCUT2D eigenvalue weighted by atomic mass is 35.5. The lowest BCUT2D eigenvalue weighted by molar-refractivity contribution is 0.313. The zero-order valence-electron chi connectivity index (χ0n) is 10.6. The summed E-state index contributed by atoms with van der Waals surface area (Å²) in [6.45, 7) is 2.29. The fourth-order valence-electron chi connectivity index (χ4n) is 2.64. The summed E-state index contributed by atoms with van der Waals surface area (Å²) >= 11 is 5.90. The van der Waals surface area contributed by atoms with Gasteiger partial charge in [0, 0.05) is 19.2 Å². The minimum absolute atomic E-state index is 0.518. The predicted molar refractivity (Wildman–Crippen MR) is 71.5 cm³/mol. The van der Waals surface area contributed by atoms with Crippen molar-refractivity contribution >= 4 is 17.4 Å². The predicted octanol–water partition coefficient (Wildman–Crippen LogP) is 3.54. The molecule has 4 heteroatoms. The molecule has 0 saturated heterocycles. The number of anilines is 1. The summed E-state index contributed by atoms with van der Waals surface area (Å²) < 4.78 is 0. The van der Waals surface area contributed by atoms with Gasteiger partial charge in [0.2, 0.25) is 0 Å². The first-order valence-corrected chi connectivity index (χ1v) is 6.79. The molecular formula is C13H20ClN3. The molecule has 1 saturated carbocycles. The zero-order valence-corrected chi connectivity index (χ0v) is 11.3. The Labute approximate surface area is 108 Å². The van der Waals surface area contributed by atoms with Crippen LogP contribution in [0.2, 0.25) is 5.15 Å². The van der Waals surface area contributed by atoms with Crippen LogP contribution in [0.15, 0.2) is 12.4 Å². The van der Waals surface area contributed by atoms with Crippen molar-refractivity contribution in [1.82, 2.24) is 9.97 Å². The molecule has 1 aromatic heterocycles. The van der Waals surface area contributed by atoms with Crippen molar-refractivity contribution in [2.24, 2.45) is 5.92 Å². The molecule has 0 radical (unpaired) electrons. The summed E-state index contributed by atoms with van der Waals surface area (Å²) in [5, 5.41) is 0.518. The Morgan fingerprint density at radius 1 is 1.29 bits per heavy atom. The number of halogens is 1. The van der Waals surface area contributed by atoms with E-state index in [2.05, 4.69) is 28.8 Å². The second kappa shape index (κ2) is 5.67. The third-order valence-corrected chi connectivity index (χ3v) is 4.13. The van der Waals surface area contributed by atoms with E-state index in [0.717, 1.165) is 11.7 Å². The first-order valence-electron chi connectivity index (χ1n) is 6.41. The number of rotatable bonds is 3. The van der Waals surface area contributed by atoms with Gasteiger partial charge >= 0.3 is 0 Å². The van der Waals surface area contributed by atoms with Gasteiger partial charge in [-0.3, -0.25) is 0 Å². The highest BCUT2D eigenvalue weighted by Crippen LogP contribution is 2.30. The summed E-state index contributed by atoms with van der Waals surface area (Å²) in [6.07, 6.45) is 8.05. The summed E-state index contributed by atoms with van der Waals surface area (Å²) in [4.78, 5) is 10.5. The second-order valence-corrected chi connectivity index (χ2v) is 5.28. The van der Waals surface area contributed by atoms with E-state index in [4.69, 9.17) is 11.6 Å². The van der Waals surface area contributed by atoms with E-state index >= 15 is 0 Å². The maximum atomic E-state index is 5.90. The van der Waals surface area contributed by atoms with Crippen molar-refractivity contribution in [2.75, 3.05) is 11.9 Å². The van der Waals surface area contributed by atoms with Crippen LogP contribution in [0.25, 0.3) is 0 Å². The van der Waals surface area contributed by atoms with Crippen LogP contribution in [0.5, 0.6) is 0 Å². The molecular weight excluding hydrogens is 234 g/mol. The van der Waals surface area contributed by atoms with Gasteiger partial charge in [0.1, 0.15) is 17.3 Å². The molecule has 1 aromatic rings. The molecule has 1 aliphatic rings. The maximum absolute atomic E-state index is 5.90. The highest BCUT2D eigenvalue weighted by molar-refractivity contribution is 6.29. The van der Waals surface area contributed by atoms with Crippen LogP contribution in [0.4, 0.5) is 5.82 Å². The molecule has 17 heavy (non-hydrogen) atoms. The lowest BCUT2D eigenvalue weighted by Gasteiger charge is -2.35. The maximum Gasteiger partial charge on any atom is 0.134 e. The Hall–Kier alpha value is -0.830. The van der Waals surface area contributed by atoms with Gasteiger partial charge in [-0.2, -0.15) is 0 Å². The molecule has 0 amide bonds. The Bertz CT molecular complexity index is 361. The smallest absolute Gasteiger partial charge is 0.134 e. The molecule has 0 aliphatic heterocycles. The van der Waals surface area contributed by atoms with Crippen molar-refractivity contribution in [2.45, 2.75) is 45.1 Å². The van der Waals surface area contributed by atoms with E-state index in [9.17, 15) is 0 Å². The molecule has 0 bridgehead atoms. The average molecular weight is 254 g/mol. The van der Waals surface area contributed by atoms with Crippen molar-refractivity contribution in [3.05, 3.63) is 17.5 Å². The first kappa shape index (κ1) is 12.6. The molecule has 0 atom stereocenters. The summed E-state index contributed by atoms with van der Waals surface area (Å²) in [5.74, 6) is 1.86. The zero-order chi connectivity index (χ0) is 12.3. The number of aromatic nitrogens is 2. The van der Waals surface area contributed by atoms with Gasteiger partial charge in [-0.25, -0.2) is 9.97 Å². The fourth-order valence-corrected chi connectivity index (χ4v) is 2.79. The lowest BCUT2D eigenvalue weighted by Crippen LogP contribution is -2.35. The monoisotopic (exact) mass is 253 g/mol. The normalized spacial score (nSPS) is 24.6. The van der Waals surface area contributed by atoms with Crippen LogP contribution in [-0.2, 0) is 0 Å². The molecule has 0 spiro atoms. The Morgan fingerprint density at radius 2 is 2.00 bits per heavy atom. The molecule has 0 aromatic carbocycles. The number of nitrogens with zero attached hydrogens (tertiary/aromatic N) is 3. The van der Waals surface area contributed by atoms with E-state index in [-0.39, 0.29) is 0 Å². The Balaban J connectivity index is 1.99. The van der Waals surface area contributed by atoms with Gasteiger partial charge in [-0.15, -0.1) is 0 Å². The van der Waals surface area contributed by atoms with Crippen LogP contribution in [0, 0.1) is 5.92 Å². The minimum Gasteiger partial charge on any atom is -0.357 e. The molecule has 1 aliphatic carbocycles. The topological polar surface area (TPSA) is 29.0 Å². The largest absolute Gasteiger partial charge is 0.357 e. The minimum atomic E-state index is 0.518. The van der Waals surface area contributed by atoms with Crippen molar-refractivity contribution in [3.8, 4) is 0 Å². The number of hydrogen-bond donors (Lipinski definition) is 0. The quantitative estimate of drug-likeness (QED) is 0.772. The first-order chi connectivity index (χ1) is 8.20. The van der Waals surface area contributed by atoms with E-state index in [1.165, 1.54) is 38.4 Å². The van der Waals surface area contributed by atoms with Crippen LogP contribution < -0.4 is 4.90 Å². The molecule has 0 N–H and O–H groups in total. The lowest BCUT2D eigenvalue weighted by atomic mass is 9.84. The van der Waals surface area contributed by atoms with Gasteiger partial charge in [0.25, 0.3) is 0 Å². The van der Waals surface area contributed by atoms with Crippen LogP contribution in [0.3, 0.4) is 0 Å². The second-order valence-electron chi connectivity index (χ2n) is 4.89. The van der Waals surface area contributed by atoms with Crippen molar-refractivity contribution < 1.29 is 0 Å². The molecule has 3 nitrogen and oxygen atoms in total. The fraction of sp³-hybridized carbons (Fsp3) is 0.692. The Morgan fingerprint density at radius 3 is 2.59 bits per heavy atom. The highest BCUT2D eigenvalue weighted by Gasteiger charge is 2.23. The van der Waals surface area contributed by atoms with E-state index < -0.39 is 0 Å². The summed E-state index contributed by atoms with van der Waals surface area (Å²) in [7, 11) is 2.11. The van der Waals surface area contributed by atoms with Gasteiger partial charge in [-0.1, -0.05) is 24.9 Å². The third-order valence-electron chi connectivity index (χ3n) is 3.92. The van der Waals surface area contributed by atoms with E-state index in [0.29, 0.717) is 11.2 Å². The Kier molecular flexibility index (Phi) is 4.21. The molecule has 2 rings (SSSR count). The third kappa shape index (κ3) is 3.09. The average Bonchev–Trinajstić information content (AvgIpc) is 2.38. The SMILES string of the molecule is CCC1CCC(N(C)c2cc(Cl)ncn2)CC1. The van der Waals surface area contributed by atoms with Crippen LogP contribution in [-0.4, -0.2) is 23.1 Å². The standard InChI is InChI=1S/C13H20ClN3/c1-3-10-4-6-11(7-5-10)17(2)13-8-12(14)15-9-16-13/h8-11H,3-7H2,1-2H3. The van der Waals surface area contributed by atoms with Gasteiger partial charge in [0.15, 0.2) is 0 Å². The van der Waals surface area contributed by atoms with E-state index in [1.54, 1.807) is 0 Å². The van der Waals surface area contributed by atoms with Gasteiger partial charge < -0.3 is 4.90 Å². The van der Waals surface area contributed by atoms with Gasteiger partial charge in [0.05, 0.1) is 0 Å².